The molecule has 5 nitrogen and oxygen atoms in total. The second-order valence-corrected chi connectivity index (χ2v) is 7.81. The first-order valence-electron chi connectivity index (χ1n) is 8.12. The molecule has 0 saturated carbocycles. The van der Waals surface area contributed by atoms with Gasteiger partial charge in [-0.2, -0.15) is 0 Å². The maximum absolute atomic E-state index is 12.6. The monoisotopic (exact) mass is 333 g/mol. The summed E-state index contributed by atoms with van der Waals surface area (Å²) >= 11 is 1.86. The number of rotatable bonds is 3. The molecule has 2 heterocycles. The zero-order valence-electron chi connectivity index (χ0n) is 13.4. The van der Waals surface area contributed by atoms with Crippen LogP contribution in [0.4, 0.5) is 5.69 Å². The summed E-state index contributed by atoms with van der Waals surface area (Å²) in [7, 11) is 0. The van der Waals surface area contributed by atoms with Gasteiger partial charge in [0.25, 0.3) is 0 Å². The fraction of sp³-hybridized carbons (Fsp3) is 0.529. The number of hydrogen-bond acceptors (Lipinski definition) is 4. The van der Waals surface area contributed by atoms with Crippen molar-refractivity contribution in [2.24, 2.45) is 11.7 Å². The summed E-state index contributed by atoms with van der Waals surface area (Å²) in [4.78, 5) is 29.1. The molecule has 2 N–H and O–H groups in total. The fourth-order valence-corrected chi connectivity index (χ4v) is 4.47. The van der Waals surface area contributed by atoms with Crippen molar-refractivity contribution < 1.29 is 9.59 Å². The minimum atomic E-state index is -0.243. The third-order valence-electron chi connectivity index (χ3n) is 4.59. The Bertz CT molecular complexity index is 599. The number of nitrogens with zero attached hydrogens (tertiary/aromatic N) is 2. The van der Waals surface area contributed by atoms with Gasteiger partial charge in [-0.1, -0.05) is 19.1 Å². The molecule has 1 atom stereocenters. The van der Waals surface area contributed by atoms with Gasteiger partial charge in [-0.15, -0.1) is 11.8 Å². The van der Waals surface area contributed by atoms with E-state index in [1.165, 1.54) is 4.90 Å². The highest BCUT2D eigenvalue weighted by Gasteiger charge is 2.29. The molecule has 1 saturated heterocycles. The minimum absolute atomic E-state index is 0.0776. The second kappa shape index (κ2) is 6.83. The Morgan fingerprint density at radius 2 is 1.96 bits per heavy atom. The molecule has 1 aromatic rings. The van der Waals surface area contributed by atoms with Crippen LogP contribution in [0.2, 0.25) is 0 Å². The second-order valence-electron chi connectivity index (χ2n) is 6.33. The van der Waals surface area contributed by atoms with Gasteiger partial charge in [-0.05, 0) is 25.0 Å². The zero-order chi connectivity index (χ0) is 16.4. The van der Waals surface area contributed by atoms with Crippen LogP contribution >= 0.6 is 11.8 Å². The molecule has 124 valence electrons. The lowest BCUT2D eigenvalue weighted by molar-refractivity contribution is -0.133. The number of carbonyl (C=O) groups is 2. The maximum atomic E-state index is 12.6. The van der Waals surface area contributed by atoms with Crippen LogP contribution in [-0.2, 0) is 9.59 Å². The number of likely N-dealkylation sites (tertiary alicyclic amines) is 1. The van der Waals surface area contributed by atoms with E-state index in [2.05, 4.69) is 24.0 Å². The van der Waals surface area contributed by atoms with E-state index >= 15 is 0 Å². The zero-order valence-corrected chi connectivity index (χ0v) is 14.2. The Labute approximate surface area is 141 Å². The van der Waals surface area contributed by atoms with Crippen LogP contribution in [0.25, 0.3) is 0 Å². The van der Waals surface area contributed by atoms with Crippen LogP contribution in [0.3, 0.4) is 0 Å². The Morgan fingerprint density at radius 3 is 2.65 bits per heavy atom. The largest absolute Gasteiger partial charge is 0.369 e. The molecule has 0 aliphatic carbocycles. The van der Waals surface area contributed by atoms with Crippen LogP contribution in [0.1, 0.15) is 19.8 Å². The van der Waals surface area contributed by atoms with E-state index in [1.807, 2.05) is 28.8 Å². The topological polar surface area (TPSA) is 66.6 Å². The van der Waals surface area contributed by atoms with Crippen LogP contribution in [0.5, 0.6) is 0 Å². The van der Waals surface area contributed by atoms with Crippen molar-refractivity contribution in [2.75, 3.05) is 31.1 Å². The molecular weight excluding hydrogens is 310 g/mol. The quantitative estimate of drug-likeness (QED) is 0.914. The lowest BCUT2D eigenvalue weighted by atomic mass is 9.96. The van der Waals surface area contributed by atoms with Gasteiger partial charge >= 0.3 is 0 Å². The van der Waals surface area contributed by atoms with Crippen LogP contribution in [0, 0.1) is 5.92 Å². The van der Waals surface area contributed by atoms with Gasteiger partial charge in [-0.3, -0.25) is 9.59 Å². The van der Waals surface area contributed by atoms with E-state index in [0.29, 0.717) is 37.7 Å². The summed E-state index contributed by atoms with van der Waals surface area (Å²) in [6.45, 7) is 4.74. The van der Waals surface area contributed by atoms with Crippen molar-refractivity contribution >= 4 is 29.3 Å². The molecule has 23 heavy (non-hydrogen) atoms. The highest BCUT2D eigenvalue weighted by atomic mass is 32.2. The van der Waals surface area contributed by atoms with Crippen molar-refractivity contribution in [1.29, 1.82) is 0 Å². The van der Waals surface area contributed by atoms with E-state index in [9.17, 15) is 9.59 Å². The van der Waals surface area contributed by atoms with Gasteiger partial charge in [0.15, 0.2) is 0 Å². The Kier molecular flexibility index (Phi) is 4.80. The summed E-state index contributed by atoms with van der Waals surface area (Å²) in [6.07, 6.45) is 1.37. The fourth-order valence-electron chi connectivity index (χ4n) is 3.31. The Morgan fingerprint density at radius 1 is 1.26 bits per heavy atom. The summed E-state index contributed by atoms with van der Waals surface area (Å²) in [5, 5.41) is 0.471. The van der Waals surface area contributed by atoms with Gasteiger partial charge in [0.05, 0.1) is 12.2 Å². The minimum Gasteiger partial charge on any atom is -0.369 e. The number of para-hydroxylation sites is 1. The van der Waals surface area contributed by atoms with Crippen molar-refractivity contribution in [3.63, 3.8) is 0 Å². The first-order valence-corrected chi connectivity index (χ1v) is 9.00. The standard InChI is InChI=1S/C17H23N3O2S/c1-12-10-20(14-4-2-3-5-15(14)23-12)11-16(21)19-8-6-13(7-9-19)17(18)22/h2-5,12-13H,6-11H2,1H3,(H2,18,22)/t12-/m0/s1. The SMILES string of the molecule is C[C@H]1CN(CC(=O)N2CCC(C(N)=O)CC2)c2ccccc2S1. The van der Waals surface area contributed by atoms with Crippen molar-refractivity contribution in [1.82, 2.24) is 4.90 Å². The molecule has 2 aliphatic heterocycles. The van der Waals surface area contributed by atoms with E-state index in [0.717, 1.165) is 12.2 Å². The van der Waals surface area contributed by atoms with E-state index in [1.54, 1.807) is 0 Å². The lowest BCUT2D eigenvalue weighted by Crippen LogP contribution is -2.47. The van der Waals surface area contributed by atoms with Gasteiger partial charge in [0, 0.05) is 35.7 Å². The molecule has 1 fully saturated rings. The van der Waals surface area contributed by atoms with E-state index < -0.39 is 0 Å². The number of nitrogens with two attached hydrogens (primary N) is 1. The van der Waals surface area contributed by atoms with Gasteiger partial charge in [0.2, 0.25) is 11.8 Å². The lowest BCUT2D eigenvalue weighted by Gasteiger charge is -2.36. The van der Waals surface area contributed by atoms with E-state index in [4.69, 9.17) is 5.73 Å². The predicted molar refractivity (Wildman–Crippen MR) is 92.5 cm³/mol. The van der Waals surface area contributed by atoms with Crippen molar-refractivity contribution in [3.05, 3.63) is 24.3 Å². The highest BCUT2D eigenvalue weighted by Crippen LogP contribution is 2.38. The van der Waals surface area contributed by atoms with Crippen molar-refractivity contribution in [2.45, 2.75) is 29.9 Å². The predicted octanol–water partition coefficient (Wildman–Crippen LogP) is 1.71. The summed E-state index contributed by atoms with van der Waals surface area (Å²) in [5.41, 5.74) is 6.50. The van der Waals surface area contributed by atoms with Crippen LogP contribution < -0.4 is 10.6 Å². The van der Waals surface area contributed by atoms with Crippen LogP contribution in [-0.4, -0.2) is 48.1 Å². The molecule has 3 rings (SSSR count). The van der Waals surface area contributed by atoms with Gasteiger partial charge < -0.3 is 15.5 Å². The number of amides is 2. The smallest absolute Gasteiger partial charge is 0.242 e. The number of fused-ring (bicyclic) bond motifs is 1. The molecule has 0 aromatic heterocycles. The number of benzene rings is 1. The summed E-state index contributed by atoms with van der Waals surface area (Å²) in [6, 6.07) is 8.26. The maximum Gasteiger partial charge on any atom is 0.242 e. The van der Waals surface area contributed by atoms with E-state index in [-0.39, 0.29) is 17.7 Å². The highest BCUT2D eigenvalue weighted by molar-refractivity contribution is 8.00. The number of hydrogen-bond donors (Lipinski definition) is 1. The number of thioether (sulfide) groups is 1. The molecule has 0 radical (unpaired) electrons. The third-order valence-corrected chi connectivity index (χ3v) is 5.74. The average Bonchev–Trinajstić information content (AvgIpc) is 2.54. The molecule has 6 heteroatoms. The normalized spacial score (nSPS) is 21.9. The molecule has 2 amide bonds. The van der Waals surface area contributed by atoms with Gasteiger partial charge in [-0.25, -0.2) is 0 Å². The van der Waals surface area contributed by atoms with Gasteiger partial charge in [0.1, 0.15) is 0 Å². The first-order chi connectivity index (χ1) is 11.0. The number of carbonyl (C=O) groups excluding carboxylic acids is 2. The molecular formula is C17H23N3O2S. The Hall–Kier alpha value is -1.69. The first kappa shape index (κ1) is 16.2. The summed E-state index contributed by atoms with van der Waals surface area (Å²) < 4.78 is 0. The number of piperidine rings is 1. The molecule has 0 bridgehead atoms. The summed E-state index contributed by atoms with van der Waals surface area (Å²) in [5.74, 6) is -0.180. The van der Waals surface area contributed by atoms with Crippen LogP contribution in [0.15, 0.2) is 29.2 Å². The molecule has 1 aromatic carbocycles. The van der Waals surface area contributed by atoms with Crippen molar-refractivity contribution in [3.8, 4) is 0 Å². The number of primary amides is 1. The molecule has 0 spiro atoms. The number of anilines is 1. The molecule has 0 unspecified atom stereocenters. The Balaban J connectivity index is 1.64. The third kappa shape index (κ3) is 3.63. The molecule has 2 aliphatic rings. The average molecular weight is 333 g/mol.